The second kappa shape index (κ2) is 11.8. The topological polar surface area (TPSA) is 62.4 Å². The zero-order valence-electron chi connectivity index (χ0n) is 29.5. The van der Waals surface area contributed by atoms with Crippen LogP contribution in [0.2, 0.25) is 0 Å². The van der Waals surface area contributed by atoms with Crippen LogP contribution in [0.3, 0.4) is 0 Å². The molecule has 3 heterocycles. The molecule has 0 atom stereocenters. The maximum Gasteiger partial charge on any atom is 0.101 e. The Morgan fingerprint density at radius 1 is 0.345 bits per heavy atom. The first-order chi connectivity index (χ1) is 27.2. The molecule has 0 unspecified atom stereocenters. The number of nitriles is 2. The van der Waals surface area contributed by atoms with Crippen LogP contribution in [0.1, 0.15) is 11.1 Å². The molecule has 0 amide bonds. The van der Waals surface area contributed by atoms with E-state index in [2.05, 4.69) is 171 Å². The lowest BCUT2D eigenvalue weighted by Gasteiger charge is -2.14. The molecule has 0 aliphatic heterocycles. The fourth-order valence-corrected chi connectivity index (χ4v) is 8.75. The van der Waals surface area contributed by atoms with Crippen molar-refractivity contribution in [2.45, 2.75) is 0 Å². The summed E-state index contributed by atoms with van der Waals surface area (Å²) in [7, 11) is 0. The summed E-state index contributed by atoms with van der Waals surface area (Å²) in [6.45, 7) is 0. The number of para-hydroxylation sites is 4. The zero-order chi connectivity index (χ0) is 36.6. The van der Waals surface area contributed by atoms with Gasteiger partial charge in [0.15, 0.2) is 0 Å². The molecule has 0 spiro atoms. The molecule has 5 heteroatoms. The monoisotopic (exact) mass is 699 g/mol. The quantitative estimate of drug-likeness (QED) is 0.184. The summed E-state index contributed by atoms with van der Waals surface area (Å²) in [5, 5.41) is 27.6. The van der Waals surface area contributed by atoms with E-state index in [4.69, 9.17) is 0 Å². The van der Waals surface area contributed by atoms with Crippen molar-refractivity contribution in [1.29, 1.82) is 10.5 Å². The highest BCUT2D eigenvalue weighted by Gasteiger charge is 2.21. The number of nitrogens with zero attached hydrogens (tertiary/aromatic N) is 5. The highest BCUT2D eigenvalue weighted by atomic mass is 15.0. The molecule has 0 N–H and O–H groups in total. The normalized spacial score (nSPS) is 11.6. The molecule has 0 bridgehead atoms. The molecule has 55 heavy (non-hydrogen) atoms. The summed E-state index contributed by atoms with van der Waals surface area (Å²) in [4.78, 5) is 0. The SMILES string of the molecule is N#Cc1ccc2c3c(-n4c5ccccc5c5ccccc54)cccc3n(-c3ccc(-c4ccc(-n5c6ccccc6c6ccccc65)cc4)cc3C#N)c2c1. The van der Waals surface area contributed by atoms with E-state index in [0.717, 1.165) is 61.0 Å². The predicted molar refractivity (Wildman–Crippen MR) is 224 cm³/mol. The van der Waals surface area contributed by atoms with E-state index in [-0.39, 0.29) is 0 Å². The molecule has 0 saturated carbocycles. The Morgan fingerprint density at radius 2 is 0.873 bits per heavy atom. The number of rotatable bonds is 4. The Kier molecular flexibility index (Phi) is 6.61. The average Bonchev–Trinajstić information content (AvgIpc) is 3.89. The van der Waals surface area contributed by atoms with Crippen molar-refractivity contribution in [3.63, 3.8) is 0 Å². The van der Waals surface area contributed by atoms with Crippen LogP contribution in [0.15, 0.2) is 176 Å². The van der Waals surface area contributed by atoms with E-state index in [1.54, 1.807) is 0 Å². The van der Waals surface area contributed by atoms with Crippen molar-refractivity contribution in [3.05, 3.63) is 187 Å². The van der Waals surface area contributed by atoms with Crippen LogP contribution in [-0.4, -0.2) is 13.7 Å². The molecule has 5 nitrogen and oxygen atoms in total. The molecule has 11 rings (SSSR count). The van der Waals surface area contributed by atoms with Gasteiger partial charge in [-0.1, -0.05) is 103 Å². The molecule has 0 fully saturated rings. The van der Waals surface area contributed by atoms with Gasteiger partial charge in [0.1, 0.15) is 6.07 Å². The Bertz CT molecular complexity index is 3350. The maximum atomic E-state index is 10.7. The van der Waals surface area contributed by atoms with Crippen LogP contribution in [0, 0.1) is 22.7 Å². The van der Waals surface area contributed by atoms with Gasteiger partial charge in [-0.25, -0.2) is 0 Å². The Morgan fingerprint density at radius 3 is 1.45 bits per heavy atom. The Labute approximate surface area is 316 Å². The first kappa shape index (κ1) is 30.7. The van der Waals surface area contributed by atoms with Crippen LogP contribution in [0.4, 0.5) is 0 Å². The lowest BCUT2D eigenvalue weighted by atomic mass is 10.0. The third kappa shape index (κ3) is 4.45. The number of fused-ring (bicyclic) bond motifs is 9. The van der Waals surface area contributed by atoms with Crippen molar-refractivity contribution in [1.82, 2.24) is 13.7 Å². The van der Waals surface area contributed by atoms with Crippen LogP contribution < -0.4 is 0 Å². The van der Waals surface area contributed by atoms with E-state index in [1.807, 2.05) is 30.3 Å². The van der Waals surface area contributed by atoms with E-state index in [9.17, 15) is 10.5 Å². The van der Waals surface area contributed by atoms with Crippen LogP contribution >= 0.6 is 0 Å². The van der Waals surface area contributed by atoms with Gasteiger partial charge < -0.3 is 13.7 Å². The molecule has 0 radical (unpaired) electrons. The van der Waals surface area contributed by atoms with E-state index in [0.29, 0.717) is 11.1 Å². The highest BCUT2D eigenvalue weighted by Crippen LogP contribution is 2.41. The minimum Gasteiger partial charge on any atom is -0.309 e. The number of benzene rings is 8. The lowest BCUT2D eigenvalue weighted by molar-refractivity contribution is 1.16. The van der Waals surface area contributed by atoms with E-state index < -0.39 is 0 Å². The molecular weight excluding hydrogens is 671 g/mol. The molecule has 0 aliphatic rings. The lowest BCUT2D eigenvalue weighted by Crippen LogP contribution is -1.99. The largest absolute Gasteiger partial charge is 0.309 e. The third-order valence-electron chi connectivity index (χ3n) is 11.1. The van der Waals surface area contributed by atoms with Gasteiger partial charge >= 0.3 is 0 Å². The fourth-order valence-electron chi connectivity index (χ4n) is 8.75. The minimum absolute atomic E-state index is 0.549. The first-order valence-corrected chi connectivity index (χ1v) is 18.3. The standard InChI is InChI=1S/C50H29N5/c51-30-32-20-26-41-49(28-32)54(47-18-9-19-48(50(41)47)55-45-16-7-3-12-39(45)40-13-4-8-17-46(40)55)42-27-23-34(29-35(42)31-52)33-21-24-36(25-22-33)53-43-14-5-1-10-37(43)38-11-2-6-15-44(38)53/h1-29H. The van der Waals surface area contributed by atoms with Crippen molar-refractivity contribution in [3.8, 4) is 40.3 Å². The highest BCUT2D eigenvalue weighted by molar-refractivity contribution is 6.17. The van der Waals surface area contributed by atoms with Gasteiger partial charge in [0.25, 0.3) is 0 Å². The van der Waals surface area contributed by atoms with Gasteiger partial charge in [-0.05, 0) is 83.9 Å². The zero-order valence-corrected chi connectivity index (χ0v) is 29.5. The minimum atomic E-state index is 0.549. The molecule has 11 aromatic rings. The summed E-state index contributed by atoms with van der Waals surface area (Å²) < 4.78 is 6.80. The summed E-state index contributed by atoms with van der Waals surface area (Å²) in [5.41, 5.74) is 12.4. The van der Waals surface area contributed by atoms with Crippen molar-refractivity contribution >= 4 is 65.4 Å². The molecule has 0 saturated heterocycles. The number of hydrogen-bond donors (Lipinski definition) is 0. The van der Waals surface area contributed by atoms with Gasteiger partial charge in [-0.3, -0.25) is 0 Å². The van der Waals surface area contributed by atoms with E-state index in [1.165, 1.54) is 32.6 Å². The average molecular weight is 700 g/mol. The van der Waals surface area contributed by atoms with Crippen molar-refractivity contribution in [2.75, 3.05) is 0 Å². The number of hydrogen-bond acceptors (Lipinski definition) is 2. The van der Waals surface area contributed by atoms with Gasteiger partial charge in [0.2, 0.25) is 0 Å². The second-order valence-electron chi connectivity index (χ2n) is 14.0. The summed E-state index contributed by atoms with van der Waals surface area (Å²) in [5.74, 6) is 0. The summed E-state index contributed by atoms with van der Waals surface area (Å²) in [6, 6.07) is 65.8. The van der Waals surface area contributed by atoms with Gasteiger partial charge in [-0.2, -0.15) is 10.5 Å². The smallest absolute Gasteiger partial charge is 0.101 e. The first-order valence-electron chi connectivity index (χ1n) is 18.3. The van der Waals surface area contributed by atoms with Gasteiger partial charge in [-0.15, -0.1) is 0 Å². The second-order valence-corrected chi connectivity index (χ2v) is 14.0. The van der Waals surface area contributed by atoms with Gasteiger partial charge in [0.05, 0.1) is 61.7 Å². The summed E-state index contributed by atoms with van der Waals surface area (Å²) in [6.07, 6.45) is 0. The maximum absolute atomic E-state index is 10.7. The fraction of sp³-hybridized carbons (Fsp3) is 0. The molecule has 3 aromatic heterocycles. The van der Waals surface area contributed by atoms with Crippen LogP contribution in [-0.2, 0) is 0 Å². The van der Waals surface area contributed by atoms with Gasteiger partial charge in [0, 0.05) is 38.0 Å². The molecule has 8 aromatic carbocycles. The van der Waals surface area contributed by atoms with E-state index >= 15 is 0 Å². The summed E-state index contributed by atoms with van der Waals surface area (Å²) >= 11 is 0. The molecular formula is C50H29N5. The Hall–Kier alpha value is -7.86. The van der Waals surface area contributed by atoms with Crippen LogP contribution in [0.5, 0.6) is 0 Å². The number of aromatic nitrogens is 3. The van der Waals surface area contributed by atoms with Crippen molar-refractivity contribution < 1.29 is 0 Å². The van der Waals surface area contributed by atoms with Crippen molar-refractivity contribution in [2.24, 2.45) is 0 Å². The molecule has 254 valence electrons. The Balaban J connectivity index is 1.09. The van der Waals surface area contributed by atoms with Crippen LogP contribution in [0.25, 0.3) is 93.6 Å². The molecule has 0 aliphatic carbocycles. The predicted octanol–water partition coefficient (Wildman–Crippen LogP) is 12.4. The third-order valence-corrected chi connectivity index (χ3v) is 11.1.